The molecule has 0 bridgehead atoms. The standard InChI is InChI=1S/C13H21ClN4O3/c1-9(2)6-16-11(19)8-15-10-7-17-18(4-5-21-3)13(20)12(10)14/h7,9,15H,4-6,8H2,1-3H3,(H,16,19). The lowest BCUT2D eigenvalue weighted by Crippen LogP contribution is -2.33. The molecule has 0 saturated heterocycles. The van der Waals surface area contributed by atoms with Crippen LogP contribution in [0.5, 0.6) is 0 Å². The summed E-state index contributed by atoms with van der Waals surface area (Å²) in [4.78, 5) is 23.5. The predicted molar refractivity (Wildman–Crippen MR) is 81.7 cm³/mol. The van der Waals surface area contributed by atoms with E-state index in [9.17, 15) is 9.59 Å². The topological polar surface area (TPSA) is 85.2 Å². The number of anilines is 1. The van der Waals surface area contributed by atoms with Crippen LogP contribution in [0, 0.1) is 5.92 Å². The Kier molecular flexibility index (Phi) is 7.18. The summed E-state index contributed by atoms with van der Waals surface area (Å²) in [5, 5.41) is 9.56. The molecule has 0 unspecified atom stereocenters. The quantitative estimate of drug-likeness (QED) is 0.738. The lowest BCUT2D eigenvalue weighted by Gasteiger charge is -2.11. The van der Waals surface area contributed by atoms with Crippen molar-refractivity contribution in [3.8, 4) is 0 Å². The smallest absolute Gasteiger partial charge is 0.287 e. The van der Waals surface area contributed by atoms with Gasteiger partial charge in [-0.1, -0.05) is 25.4 Å². The Morgan fingerprint density at radius 3 is 2.86 bits per heavy atom. The number of nitrogens with one attached hydrogen (secondary N) is 2. The number of aromatic nitrogens is 2. The molecule has 1 heterocycles. The summed E-state index contributed by atoms with van der Waals surface area (Å²) in [5.41, 5.74) is -0.0728. The number of carbonyl (C=O) groups excluding carboxylic acids is 1. The summed E-state index contributed by atoms with van der Waals surface area (Å²) >= 11 is 5.98. The van der Waals surface area contributed by atoms with Crippen molar-refractivity contribution in [3.63, 3.8) is 0 Å². The number of hydrogen-bond acceptors (Lipinski definition) is 5. The van der Waals surface area contributed by atoms with Crippen LogP contribution in [0.3, 0.4) is 0 Å². The molecule has 0 spiro atoms. The minimum Gasteiger partial charge on any atom is -0.383 e. The first-order valence-electron chi connectivity index (χ1n) is 6.70. The zero-order valence-electron chi connectivity index (χ0n) is 12.5. The van der Waals surface area contributed by atoms with E-state index in [4.69, 9.17) is 16.3 Å². The fourth-order valence-corrected chi connectivity index (χ4v) is 1.69. The van der Waals surface area contributed by atoms with Gasteiger partial charge in [0.05, 0.1) is 31.6 Å². The first-order chi connectivity index (χ1) is 9.95. The maximum absolute atomic E-state index is 11.9. The number of carbonyl (C=O) groups is 1. The van der Waals surface area contributed by atoms with Crippen LogP contribution < -0.4 is 16.2 Å². The molecule has 8 heteroatoms. The Balaban J connectivity index is 2.62. The van der Waals surface area contributed by atoms with Gasteiger partial charge in [-0.3, -0.25) is 9.59 Å². The van der Waals surface area contributed by atoms with Crippen LogP contribution in [-0.4, -0.2) is 42.5 Å². The summed E-state index contributed by atoms with van der Waals surface area (Å²) in [7, 11) is 1.54. The van der Waals surface area contributed by atoms with Crippen LogP contribution in [0.25, 0.3) is 0 Å². The molecule has 0 aromatic carbocycles. The van der Waals surface area contributed by atoms with Crippen molar-refractivity contribution < 1.29 is 9.53 Å². The van der Waals surface area contributed by atoms with Crippen molar-refractivity contribution in [2.45, 2.75) is 20.4 Å². The summed E-state index contributed by atoms with van der Waals surface area (Å²) in [6.07, 6.45) is 1.43. The molecule has 21 heavy (non-hydrogen) atoms. The number of halogens is 1. The van der Waals surface area contributed by atoms with E-state index in [2.05, 4.69) is 15.7 Å². The molecular formula is C13H21ClN4O3. The van der Waals surface area contributed by atoms with Gasteiger partial charge in [0.1, 0.15) is 5.02 Å². The van der Waals surface area contributed by atoms with Crippen LogP contribution in [0.1, 0.15) is 13.8 Å². The fourth-order valence-electron chi connectivity index (χ4n) is 1.48. The third kappa shape index (κ3) is 5.73. The highest BCUT2D eigenvalue weighted by Crippen LogP contribution is 2.14. The van der Waals surface area contributed by atoms with Gasteiger partial charge in [-0.15, -0.1) is 0 Å². The van der Waals surface area contributed by atoms with Crippen LogP contribution in [0.2, 0.25) is 5.02 Å². The number of methoxy groups -OCH3 is 1. The minimum atomic E-state index is -0.415. The van der Waals surface area contributed by atoms with E-state index >= 15 is 0 Å². The summed E-state index contributed by atoms with van der Waals surface area (Å²) in [5.74, 6) is 0.215. The Labute approximate surface area is 128 Å². The van der Waals surface area contributed by atoms with Gasteiger partial charge in [-0.05, 0) is 5.92 Å². The lowest BCUT2D eigenvalue weighted by molar-refractivity contribution is -0.119. The van der Waals surface area contributed by atoms with Crippen molar-refractivity contribution in [1.29, 1.82) is 0 Å². The Morgan fingerprint density at radius 2 is 2.24 bits per heavy atom. The van der Waals surface area contributed by atoms with E-state index in [0.29, 0.717) is 31.3 Å². The van der Waals surface area contributed by atoms with Gasteiger partial charge in [-0.2, -0.15) is 5.10 Å². The highest BCUT2D eigenvalue weighted by Gasteiger charge is 2.10. The third-order valence-corrected chi connectivity index (χ3v) is 3.00. The average Bonchev–Trinajstić information content (AvgIpc) is 2.45. The predicted octanol–water partition coefficient (Wildman–Crippen LogP) is 0.727. The summed E-state index contributed by atoms with van der Waals surface area (Å²) in [6, 6.07) is 0. The molecule has 0 fully saturated rings. The zero-order valence-corrected chi connectivity index (χ0v) is 13.2. The molecular weight excluding hydrogens is 296 g/mol. The lowest BCUT2D eigenvalue weighted by atomic mass is 10.2. The second-order valence-electron chi connectivity index (χ2n) is 4.94. The van der Waals surface area contributed by atoms with Gasteiger partial charge >= 0.3 is 0 Å². The first kappa shape index (κ1) is 17.5. The molecule has 1 aromatic heterocycles. The highest BCUT2D eigenvalue weighted by atomic mass is 35.5. The van der Waals surface area contributed by atoms with Gasteiger partial charge in [0.2, 0.25) is 5.91 Å². The maximum atomic E-state index is 11.9. The molecule has 0 aliphatic rings. The molecule has 0 aliphatic heterocycles. The van der Waals surface area contributed by atoms with Crippen LogP contribution in [-0.2, 0) is 16.1 Å². The Morgan fingerprint density at radius 1 is 1.52 bits per heavy atom. The molecule has 2 N–H and O–H groups in total. The molecule has 7 nitrogen and oxygen atoms in total. The minimum absolute atomic E-state index is 0.0118. The Hall–Kier alpha value is -1.60. The van der Waals surface area contributed by atoms with E-state index in [1.807, 2.05) is 13.8 Å². The SMILES string of the molecule is COCCn1ncc(NCC(=O)NCC(C)C)c(Cl)c1=O. The molecule has 118 valence electrons. The van der Waals surface area contributed by atoms with Crippen molar-refractivity contribution in [3.05, 3.63) is 21.6 Å². The van der Waals surface area contributed by atoms with Crippen molar-refractivity contribution >= 4 is 23.2 Å². The number of hydrogen-bond donors (Lipinski definition) is 2. The van der Waals surface area contributed by atoms with E-state index in [1.165, 1.54) is 10.9 Å². The van der Waals surface area contributed by atoms with Gasteiger partial charge in [0.25, 0.3) is 5.56 Å². The molecule has 0 aliphatic carbocycles. The highest BCUT2D eigenvalue weighted by molar-refractivity contribution is 6.33. The zero-order chi connectivity index (χ0) is 15.8. The first-order valence-corrected chi connectivity index (χ1v) is 7.08. The number of rotatable bonds is 8. The normalized spacial score (nSPS) is 10.7. The van der Waals surface area contributed by atoms with Crippen molar-refractivity contribution in [1.82, 2.24) is 15.1 Å². The summed E-state index contributed by atoms with van der Waals surface area (Å²) < 4.78 is 6.10. The average molecular weight is 317 g/mol. The second-order valence-corrected chi connectivity index (χ2v) is 5.32. The van der Waals surface area contributed by atoms with E-state index in [-0.39, 0.29) is 17.5 Å². The fraction of sp³-hybridized carbons (Fsp3) is 0.615. The van der Waals surface area contributed by atoms with Crippen LogP contribution in [0.15, 0.2) is 11.0 Å². The van der Waals surface area contributed by atoms with Gasteiger partial charge < -0.3 is 15.4 Å². The largest absolute Gasteiger partial charge is 0.383 e. The van der Waals surface area contributed by atoms with Crippen LogP contribution >= 0.6 is 11.6 Å². The number of ether oxygens (including phenoxy) is 1. The molecule has 1 rings (SSSR count). The van der Waals surface area contributed by atoms with Gasteiger partial charge in [0, 0.05) is 13.7 Å². The molecule has 1 amide bonds. The van der Waals surface area contributed by atoms with Gasteiger partial charge in [-0.25, -0.2) is 4.68 Å². The van der Waals surface area contributed by atoms with Crippen molar-refractivity contribution in [2.24, 2.45) is 5.92 Å². The molecule has 0 radical (unpaired) electrons. The second kappa shape index (κ2) is 8.63. The van der Waals surface area contributed by atoms with E-state index < -0.39 is 5.56 Å². The van der Waals surface area contributed by atoms with Crippen LogP contribution in [0.4, 0.5) is 5.69 Å². The van der Waals surface area contributed by atoms with E-state index in [1.54, 1.807) is 7.11 Å². The van der Waals surface area contributed by atoms with Crippen molar-refractivity contribution in [2.75, 3.05) is 32.1 Å². The summed E-state index contributed by atoms with van der Waals surface area (Å²) in [6.45, 7) is 5.35. The molecule has 1 aromatic rings. The monoisotopic (exact) mass is 316 g/mol. The van der Waals surface area contributed by atoms with Gasteiger partial charge in [0.15, 0.2) is 0 Å². The maximum Gasteiger partial charge on any atom is 0.287 e. The van der Waals surface area contributed by atoms with E-state index in [0.717, 1.165) is 0 Å². The third-order valence-electron chi connectivity index (χ3n) is 2.64. The number of nitrogens with zero attached hydrogens (tertiary/aromatic N) is 2. The number of amides is 1. The molecule has 0 saturated carbocycles. The Bertz CT molecular complexity index is 531. The molecule has 0 atom stereocenters.